The molecule has 3 heterocycles. The molecular weight excluding hydrogens is 510 g/mol. The molecule has 0 unspecified atom stereocenters. The molecular formula is C26H31N5O6S. The van der Waals surface area contributed by atoms with Crippen molar-refractivity contribution in [3.05, 3.63) is 68.6 Å². The molecule has 0 amide bonds. The van der Waals surface area contributed by atoms with Gasteiger partial charge in [0, 0.05) is 11.1 Å². The Kier molecular flexibility index (Phi) is 7.83. The highest BCUT2D eigenvalue weighted by Crippen LogP contribution is 2.32. The van der Waals surface area contributed by atoms with Gasteiger partial charge >= 0.3 is 11.7 Å². The summed E-state index contributed by atoms with van der Waals surface area (Å²) < 4.78 is 13.0. The second kappa shape index (κ2) is 10.9. The van der Waals surface area contributed by atoms with E-state index < -0.39 is 28.9 Å². The Hall–Kier alpha value is -3.77. The van der Waals surface area contributed by atoms with Gasteiger partial charge in [-0.15, -0.1) is 4.80 Å². The van der Waals surface area contributed by atoms with Crippen LogP contribution >= 0.6 is 11.3 Å². The van der Waals surface area contributed by atoms with Crippen LogP contribution in [-0.2, 0) is 21.6 Å². The number of hydrogen-bond donors (Lipinski definition) is 1. The molecule has 0 saturated carbocycles. The van der Waals surface area contributed by atoms with Crippen molar-refractivity contribution in [3.63, 3.8) is 0 Å². The number of hydrogen-bond acceptors (Lipinski definition) is 9. The molecule has 38 heavy (non-hydrogen) atoms. The number of aromatic nitrogens is 5. The summed E-state index contributed by atoms with van der Waals surface area (Å²) in [5.74, 6) is -0.232. The molecule has 0 fully saturated rings. The Labute approximate surface area is 222 Å². The van der Waals surface area contributed by atoms with Crippen LogP contribution in [0, 0.1) is 6.92 Å². The van der Waals surface area contributed by atoms with E-state index in [-0.39, 0.29) is 18.5 Å². The summed E-state index contributed by atoms with van der Waals surface area (Å²) in [5.41, 5.74) is -1.94. The Bertz CT molecular complexity index is 1570. The molecule has 4 rings (SSSR count). The number of unbranched alkanes of at least 4 members (excludes halogenated alkanes) is 1. The van der Waals surface area contributed by atoms with Crippen LogP contribution in [0.15, 0.2) is 46.2 Å². The van der Waals surface area contributed by atoms with Crippen LogP contribution in [0.25, 0.3) is 15.2 Å². The molecule has 0 spiro atoms. The van der Waals surface area contributed by atoms with Gasteiger partial charge in [0.25, 0.3) is 5.56 Å². The predicted molar refractivity (Wildman–Crippen MR) is 143 cm³/mol. The van der Waals surface area contributed by atoms with Gasteiger partial charge in [-0.25, -0.2) is 14.2 Å². The topological polar surface area (TPSA) is 130 Å². The van der Waals surface area contributed by atoms with Crippen molar-refractivity contribution in [1.82, 2.24) is 24.1 Å². The van der Waals surface area contributed by atoms with Crippen molar-refractivity contribution in [1.29, 1.82) is 0 Å². The van der Waals surface area contributed by atoms with Crippen LogP contribution in [0.3, 0.4) is 0 Å². The van der Waals surface area contributed by atoms with E-state index in [0.717, 1.165) is 22.3 Å². The molecule has 4 aromatic rings. The van der Waals surface area contributed by atoms with Crippen molar-refractivity contribution >= 4 is 27.5 Å². The number of benzene rings is 1. The Balaban J connectivity index is 1.95. The van der Waals surface area contributed by atoms with Gasteiger partial charge < -0.3 is 14.6 Å². The predicted octanol–water partition coefficient (Wildman–Crippen LogP) is 2.93. The zero-order valence-electron chi connectivity index (χ0n) is 22.0. The van der Waals surface area contributed by atoms with E-state index in [9.17, 15) is 19.5 Å². The number of aliphatic hydroxyl groups is 1. The van der Waals surface area contributed by atoms with E-state index in [4.69, 9.17) is 9.47 Å². The van der Waals surface area contributed by atoms with E-state index in [1.165, 1.54) is 42.7 Å². The number of rotatable bonds is 10. The average molecular weight is 542 g/mol. The molecule has 0 radical (unpaired) electrons. The maximum atomic E-state index is 14.0. The van der Waals surface area contributed by atoms with Gasteiger partial charge in [0.2, 0.25) is 0 Å². The minimum atomic E-state index is -1.61. The summed E-state index contributed by atoms with van der Waals surface area (Å²) >= 11 is 1.16. The fourth-order valence-corrected chi connectivity index (χ4v) is 5.51. The van der Waals surface area contributed by atoms with E-state index in [1.807, 2.05) is 6.92 Å². The summed E-state index contributed by atoms with van der Waals surface area (Å²) in [4.78, 5) is 42.6. The van der Waals surface area contributed by atoms with Crippen molar-refractivity contribution in [2.45, 2.75) is 58.7 Å². The van der Waals surface area contributed by atoms with Crippen LogP contribution in [0.1, 0.15) is 50.8 Å². The highest BCUT2D eigenvalue weighted by atomic mass is 32.1. The van der Waals surface area contributed by atoms with Gasteiger partial charge in [-0.05, 0) is 33.3 Å². The first kappa shape index (κ1) is 27.3. The maximum absolute atomic E-state index is 14.0. The lowest BCUT2D eigenvalue weighted by molar-refractivity contribution is -0.153. The van der Waals surface area contributed by atoms with Gasteiger partial charge in [0.05, 0.1) is 38.0 Å². The second-order valence-electron chi connectivity index (χ2n) is 9.37. The molecule has 202 valence electrons. The lowest BCUT2D eigenvalue weighted by Gasteiger charge is -2.26. The first-order valence-corrected chi connectivity index (χ1v) is 13.1. The highest BCUT2D eigenvalue weighted by molar-refractivity contribution is 7.21. The molecule has 0 aliphatic heterocycles. The normalized spacial score (nSPS) is 12.6. The number of fused-ring (bicyclic) bond motifs is 1. The molecule has 1 N–H and O–H groups in total. The van der Waals surface area contributed by atoms with E-state index in [2.05, 4.69) is 10.2 Å². The molecule has 0 aliphatic rings. The standard InChI is InChI=1S/C26H31N5O6S/c1-6-7-14-37-24(34)26(3,4)30-21(33)20-16(2)22(31-27-12-13-28-31)38-23(20)29(25(30)35)15-18(32)17-10-8-9-11-19(17)36-5/h8-13,18,32H,6-7,14-15H2,1-5H3/t18-/m1/s1. The smallest absolute Gasteiger partial charge is 0.333 e. The summed E-state index contributed by atoms with van der Waals surface area (Å²) in [6, 6.07) is 6.95. The molecule has 0 aliphatic carbocycles. The maximum Gasteiger partial charge on any atom is 0.333 e. The number of aliphatic hydroxyl groups excluding tert-OH is 1. The summed E-state index contributed by atoms with van der Waals surface area (Å²) in [6.45, 7) is 6.66. The second-order valence-corrected chi connectivity index (χ2v) is 10.3. The Morgan fingerprint density at radius 1 is 1.18 bits per heavy atom. The van der Waals surface area contributed by atoms with Gasteiger partial charge in [0.15, 0.2) is 0 Å². The van der Waals surface area contributed by atoms with Gasteiger partial charge in [-0.2, -0.15) is 10.2 Å². The van der Waals surface area contributed by atoms with E-state index in [0.29, 0.717) is 33.1 Å². The van der Waals surface area contributed by atoms with Crippen molar-refractivity contribution in [2.24, 2.45) is 0 Å². The first-order valence-electron chi connectivity index (χ1n) is 12.3. The highest BCUT2D eigenvalue weighted by Gasteiger charge is 2.37. The number of nitrogens with zero attached hydrogens (tertiary/aromatic N) is 5. The third kappa shape index (κ3) is 4.76. The first-order chi connectivity index (χ1) is 18.1. The van der Waals surface area contributed by atoms with Crippen LogP contribution in [-0.4, -0.2) is 48.9 Å². The third-order valence-electron chi connectivity index (χ3n) is 6.43. The fourth-order valence-electron chi connectivity index (χ4n) is 4.29. The number of carbonyl (C=O) groups excluding carboxylic acids is 1. The number of ether oxygens (including phenoxy) is 2. The SMILES string of the molecule is CCCCOC(=O)C(C)(C)n1c(=O)c2c(C)c(-n3nccn3)sc2n(C[C@@H](O)c2ccccc2OC)c1=O. The van der Waals surface area contributed by atoms with Crippen molar-refractivity contribution < 1.29 is 19.4 Å². The van der Waals surface area contributed by atoms with Crippen LogP contribution in [0.2, 0.25) is 0 Å². The molecule has 3 aromatic heterocycles. The fraction of sp³-hybridized carbons (Fsp3) is 0.423. The largest absolute Gasteiger partial charge is 0.496 e. The van der Waals surface area contributed by atoms with Gasteiger partial charge in [0.1, 0.15) is 27.2 Å². The number of para-hydroxylation sites is 1. The summed E-state index contributed by atoms with van der Waals surface area (Å²) in [7, 11) is 1.49. The summed E-state index contributed by atoms with van der Waals surface area (Å²) in [5, 5.41) is 20.3. The van der Waals surface area contributed by atoms with E-state index in [1.54, 1.807) is 31.2 Å². The third-order valence-corrected chi connectivity index (χ3v) is 7.71. The minimum absolute atomic E-state index is 0.184. The molecule has 0 saturated heterocycles. The average Bonchev–Trinajstić information content (AvgIpc) is 3.54. The number of aryl methyl sites for hydroxylation is 1. The molecule has 1 aromatic carbocycles. The quantitative estimate of drug-likeness (QED) is 0.240. The number of methoxy groups -OCH3 is 1. The molecule has 0 bridgehead atoms. The van der Waals surface area contributed by atoms with Crippen molar-refractivity contribution in [2.75, 3.05) is 13.7 Å². The van der Waals surface area contributed by atoms with Crippen LogP contribution in [0.4, 0.5) is 0 Å². The minimum Gasteiger partial charge on any atom is -0.496 e. The molecule has 12 heteroatoms. The zero-order chi connectivity index (χ0) is 27.6. The van der Waals surface area contributed by atoms with E-state index >= 15 is 0 Å². The number of thiophene rings is 1. The Morgan fingerprint density at radius 3 is 2.53 bits per heavy atom. The number of esters is 1. The number of carbonyl (C=O) groups is 1. The molecule has 11 nitrogen and oxygen atoms in total. The lowest BCUT2D eigenvalue weighted by Crippen LogP contribution is -2.53. The van der Waals surface area contributed by atoms with Gasteiger partial charge in [-0.3, -0.25) is 9.36 Å². The van der Waals surface area contributed by atoms with Crippen LogP contribution in [0.5, 0.6) is 5.75 Å². The summed E-state index contributed by atoms with van der Waals surface area (Å²) in [6.07, 6.45) is 3.36. The van der Waals surface area contributed by atoms with Crippen LogP contribution < -0.4 is 16.0 Å². The Morgan fingerprint density at radius 2 is 1.87 bits per heavy atom. The zero-order valence-corrected chi connectivity index (χ0v) is 22.8. The lowest BCUT2D eigenvalue weighted by atomic mass is 10.0. The van der Waals surface area contributed by atoms with Crippen molar-refractivity contribution in [3.8, 4) is 10.8 Å². The van der Waals surface area contributed by atoms with Gasteiger partial charge in [-0.1, -0.05) is 42.9 Å². The molecule has 1 atom stereocenters. The monoisotopic (exact) mass is 541 g/mol.